The summed E-state index contributed by atoms with van der Waals surface area (Å²) in [5.74, 6) is 0.936. The molecule has 0 aliphatic carbocycles. The molecule has 0 fully saturated rings. The van der Waals surface area contributed by atoms with Crippen LogP contribution >= 0.6 is 0 Å². The van der Waals surface area contributed by atoms with Crippen molar-refractivity contribution in [3.05, 3.63) is 77.5 Å². The highest BCUT2D eigenvalue weighted by Gasteiger charge is 2.14. The van der Waals surface area contributed by atoms with Gasteiger partial charge in [0.15, 0.2) is 12.4 Å². The fourth-order valence-electron chi connectivity index (χ4n) is 2.85. The van der Waals surface area contributed by atoms with Gasteiger partial charge in [-0.1, -0.05) is 60.2 Å². The number of aryl methyl sites for hydroxylation is 2. The molecule has 0 atom stereocenters. The molecule has 0 aliphatic rings. The standard InChI is InChI=1S/C23H25N3O2/c1-4-26(15-19-8-6-5-7-9-19)22(27)16-28-21-14-18(3)24-23(25-21)20-12-10-17(2)11-13-20/h5-14H,4,15-16H2,1-3H3. The first-order chi connectivity index (χ1) is 13.5. The van der Waals surface area contributed by atoms with Gasteiger partial charge in [-0.25, -0.2) is 4.98 Å². The molecule has 0 unspecified atom stereocenters. The van der Waals surface area contributed by atoms with E-state index in [-0.39, 0.29) is 12.5 Å². The summed E-state index contributed by atoms with van der Waals surface area (Å²) in [6.45, 7) is 7.03. The van der Waals surface area contributed by atoms with Gasteiger partial charge in [-0.15, -0.1) is 0 Å². The molecule has 0 spiro atoms. The molecule has 0 saturated carbocycles. The first-order valence-corrected chi connectivity index (χ1v) is 9.42. The lowest BCUT2D eigenvalue weighted by Crippen LogP contribution is -2.34. The average molecular weight is 375 g/mol. The fourth-order valence-corrected chi connectivity index (χ4v) is 2.85. The van der Waals surface area contributed by atoms with Crippen molar-refractivity contribution in [2.45, 2.75) is 27.3 Å². The van der Waals surface area contributed by atoms with Crippen molar-refractivity contribution in [1.29, 1.82) is 0 Å². The predicted octanol–water partition coefficient (Wildman–Crippen LogP) is 4.19. The van der Waals surface area contributed by atoms with Crippen molar-refractivity contribution < 1.29 is 9.53 Å². The third kappa shape index (κ3) is 5.16. The molecule has 0 radical (unpaired) electrons. The van der Waals surface area contributed by atoms with Crippen LogP contribution in [0, 0.1) is 13.8 Å². The Labute approximate surface area is 166 Å². The van der Waals surface area contributed by atoms with E-state index >= 15 is 0 Å². The zero-order chi connectivity index (χ0) is 19.9. The molecule has 0 N–H and O–H groups in total. The Morgan fingerprint density at radius 1 is 1.00 bits per heavy atom. The second-order valence-electron chi connectivity index (χ2n) is 6.72. The molecule has 0 aliphatic heterocycles. The minimum Gasteiger partial charge on any atom is -0.467 e. The summed E-state index contributed by atoms with van der Waals surface area (Å²) in [6.07, 6.45) is 0. The molecule has 3 aromatic rings. The Kier molecular flexibility index (Phi) is 6.37. The van der Waals surface area contributed by atoms with E-state index in [4.69, 9.17) is 4.74 Å². The molecule has 2 aromatic carbocycles. The van der Waals surface area contributed by atoms with Crippen molar-refractivity contribution in [2.75, 3.05) is 13.2 Å². The molecule has 3 rings (SSSR count). The van der Waals surface area contributed by atoms with Crippen molar-refractivity contribution in [3.63, 3.8) is 0 Å². The number of hydrogen-bond acceptors (Lipinski definition) is 4. The number of carbonyl (C=O) groups excluding carboxylic acids is 1. The van der Waals surface area contributed by atoms with E-state index in [2.05, 4.69) is 9.97 Å². The summed E-state index contributed by atoms with van der Waals surface area (Å²) in [6, 6.07) is 19.7. The molecular formula is C23H25N3O2. The largest absolute Gasteiger partial charge is 0.467 e. The van der Waals surface area contributed by atoms with E-state index in [0.29, 0.717) is 24.8 Å². The lowest BCUT2D eigenvalue weighted by atomic mass is 10.1. The summed E-state index contributed by atoms with van der Waals surface area (Å²) < 4.78 is 5.71. The third-order valence-corrected chi connectivity index (χ3v) is 4.43. The Balaban J connectivity index is 1.67. The first-order valence-electron chi connectivity index (χ1n) is 9.42. The number of likely N-dealkylation sites (N-methyl/N-ethyl adjacent to an activating group) is 1. The van der Waals surface area contributed by atoms with Crippen LogP contribution in [0.3, 0.4) is 0 Å². The lowest BCUT2D eigenvalue weighted by Gasteiger charge is -2.21. The number of benzene rings is 2. The summed E-state index contributed by atoms with van der Waals surface area (Å²) in [7, 11) is 0. The minimum absolute atomic E-state index is 0.0511. The normalized spacial score (nSPS) is 10.5. The van der Waals surface area contributed by atoms with Gasteiger partial charge in [0.05, 0.1) is 0 Å². The quantitative estimate of drug-likeness (QED) is 0.621. The highest BCUT2D eigenvalue weighted by Crippen LogP contribution is 2.19. The molecular weight excluding hydrogens is 350 g/mol. The van der Waals surface area contributed by atoms with Crippen LogP contribution in [0.2, 0.25) is 0 Å². The molecule has 5 nitrogen and oxygen atoms in total. The maximum absolute atomic E-state index is 12.6. The van der Waals surface area contributed by atoms with Gasteiger partial charge in [0, 0.05) is 30.4 Å². The Morgan fingerprint density at radius 3 is 2.39 bits per heavy atom. The van der Waals surface area contributed by atoms with E-state index in [9.17, 15) is 4.79 Å². The van der Waals surface area contributed by atoms with Gasteiger partial charge in [0.1, 0.15) is 0 Å². The van der Waals surface area contributed by atoms with Gasteiger partial charge in [0.2, 0.25) is 5.88 Å². The zero-order valence-electron chi connectivity index (χ0n) is 16.6. The maximum Gasteiger partial charge on any atom is 0.260 e. The number of carbonyl (C=O) groups is 1. The highest BCUT2D eigenvalue weighted by molar-refractivity contribution is 5.77. The Hall–Kier alpha value is -3.21. The van der Waals surface area contributed by atoms with Gasteiger partial charge in [0.25, 0.3) is 5.91 Å². The predicted molar refractivity (Wildman–Crippen MR) is 110 cm³/mol. The van der Waals surface area contributed by atoms with Gasteiger partial charge in [-0.2, -0.15) is 4.98 Å². The van der Waals surface area contributed by atoms with Crippen LogP contribution in [-0.4, -0.2) is 33.9 Å². The molecule has 1 aromatic heterocycles. The van der Waals surface area contributed by atoms with Crippen molar-refractivity contribution in [3.8, 4) is 17.3 Å². The van der Waals surface area contributed by atoms with Crippen LogP contribution in [0.5, 0.6) is 5.88 Å². The van der Waals surface area contributed by atoms with Gasteiger partial charge in [-0.05, 0) is 26.3 Å². The van der Waals surface area contributed by atoms with Crippen LogP contribution < -0.4 is 4.74 Å². The van der Waals surface area contributed by atoms with Gasteiger partial charge < -0.3 is 9.64 Å². The molecule has 1 heterocycles. The fraction of sp³-hybridized carbons (Fsp3) is 0.261. The summed E-state index contributed by atoms with van der Waals surface area (Å²) >= 11 is 0. The number of nitrogens with zero attached hydrogens (tertiary/aromatic N) is 3. The molecule has 28 heavy (non-hydrogen) atoms. The van der Waals surface area contributed by atoms with Crippen LogP contribution in [-0.2, 0) is 11.3 Å². The van der Waals surface area contributed by atoms with E-state index in [0.717, 1.165) is 16.8 Å². The molecule has 5 heteroatoms. The van der Waals surface area contributed by atoms with E-state index < -0.39 is 0 Å². The number of rotatable bonds is 7. The Morgan fingerprint density at radius 2 is 1.71 bits per heavy atom. The average Bonchev–Trinajstić information content (AvgIpc) is 2.71. The van der Waals surface area contributed by atoms with Crippen LogP contribution in [0.25, 0.3) is 11.4 Å². The number of ether oxygens (including phenoxy) is 1. The summed E-state index contributed by atoms with van der Waals surface area (Å²) in [4.78, 5) is 23.3. The second kappa shape index (κ2) is 9.13. The van der Waals surface area contributed by atoms with Crippen LogP contribution in [0.15, 0.2) is 60.7 Å². The van der Waals surface area contributed by atoms with Crippen molar-refractivity contribution >= 4 is 5.91 Å². The zero-order valence-corrected chi connectivity index (χ0v) is 16.6. The Bertz CT molecular complexity index is 924. The minimum atomic E-state index is -0.0699. The number of aromatic nitrogens is 2. The summed E-state index contributed by atoms with van der Waals surface area (Å²) in [5.41, 5.74) is 3.99. The van der Waals surface area contributed by atoms with Crippen LogP contribution in [0.4, 0.5) is 0 Å². The topological polar surface area (TPSA) is 55.3 Å². The molecule has 0 bridgehead atoms. The first kappa shape index (κ1) is 19.5. The number of amides is 1. The van der Waals surface area contributed by atoms with Crippen molar-refractivity contribution in [2.24, 2.45) is 0 Å². The monoisotopic (exact) mass is 375 g/mol. The molecule has 0 saturated heterocycles. The summed E-state index contributed by atoms with van der Waals surface area (Å²) in [5, 5.41) is 0. The van der Waals surface area contributed by atoms with Crippen LogP contribution in [0.1, 0.15) is 23.7 Å². The van der Waals surface area contributed by atoms with Crippen molar-refractivity contribution in [1.82, 2.24) is 14.9 Å². The second-order valence-corrected chi connectivity index (χ2v) is 6.72. The van der Waals surface area contributed by atoms with E-state index in [1.165, 1.54) is 5.56 Å². The highest BCUT2D eigenvalue weighted by atomic mass is 16.5. The van der Waals surface area contributed by atoms with Gasteiger partial charge >= 0.3 is 0 Å². The number of hydrogen-bond donors (Lipinski definition) is 0. The van der Waals surface area contributed by atoms with E-state index in [1.54, 1.807) is 11.0 Å². The SMILES string of the molecule is CCN(Cc1ccccc1)C(=O)COc1cc(C)nc(-c2ccc(C)cc2)n1. The smallest absolute Gasteiger partial charge is 0.260 e. The molecule has 144 valence electrons. The van der Waals surface area contributed by atoms with Gasteiger partial charge in [-0.3, -0.25) is 4.79 Å². The maximum atomic E-state index is 12.6. The van der Waals surface area contributed by atoms with E-state index in [1.807, 2.05) is 75.4 Å². The molecule has 1 amide bonds. The lowest BCUT2D eigenvalue weighted by molar-refractivity contribution is -0.133. The third-order valence-electron chi connectivity index (χ3n) is 4.43.